The molecule has 0 aromatic heterocycles. The summed E-state index contributed by atoms with van der Waals surface area (Å²) < 4.78 is 11.1. The summed E-state index contributed by atoms with van der Waals surface area (Å²) in [6.45, 7) is 0. The summed E-state index contributed by atoms with van der Waals surface area (Å²) in [5.74, 6) is -2.59. The SMILES string of the molecule is NC(=O)C[C@H](NC(=O)C1(NC(=O)CCc2ccc(CP(=O)(O)O)cc2)CCCCC1)C(N)=O. The minimum absolute atomic E-state index is 0.0907. The van der Waals surface area contributed by atoms with Gasteiger partial charge < -0.3 is 31.9 Å². The fourth-order valence-corrected chi connectivity index (χ4v) is 4.61. The lowest BCUT2D eigenvalue weighted by Crippen LogP contribution is -2.62. The van der Waals surface area contributed by atoms with Crippen molar-refractivity contribution in [1.29, 1.82) is 0 Å². The number of amides is 4. The van der Waals surface area contributed by atoms with Crippen molar-refractivity contribution < 1.29 is 33.5 Å². The molecule has 33 heavy (non-hydrogen) atoms. The van der Waals surface area contributed by atoms with E-state index in [4.69, 9.17) is 21.3 Å². The molecule has 2 rings (SSSR count). The topological polar surface area (TPSA) is 202 Å². The van der Waals surface area contributed by atoms with E-state index in [1.54, 1.807) is 24.3 Å². The molecule has 1 fully saturated rings. The maximum absolute atomic E-state index is 13.0. The quantitative estimate of drug-likeness (QED) is 0.237. The number of hydrogen-bond acceptors (Lipinski definition) is 5. The third-order valence-corrected chi connectivity index (χ3v) is 6.40. The zero-order valence-electron chi connectivity index (χ0n) is 18.3. The van der Waals surface area contributed by atoms with Crippen LogP contribution in [0.25, 0.3) is 0 Å². The summed E-state index contributed by atoms with van der Waals surface area (Å²) in [6, 6.07) is 5.35. The van der Waals surface area contributed by atoms with E-state index in [1.165, 1.54) is 0 Å². The number of nitrogens with one attached hydrogen (secondary N) is 2. The highest BCUT2D eigenvalue weighted by Gasteiger charge is 2.42. The minimum atomic E-state index is -4.15. The first kappa shape index (κ1) is 26.5. The Morgan fingerprint density at radius 3 is 2.09 bits per heavy atom. The molecular weight excluding hydrogens is 451 g/mol. The highest BCUT2D eigenvalue weighted by Crippen LogP contribution is 2.39. The highest BCUT2D eigenvalue weighted by molar-refractivity contribution is 7.50. The highest BCUT2D eigenvalue weighted by atomic mass is 31.2. The van der Waals surface area contributed by atoms with Gasteiger partial charge in [0.05, 0.1) is 12.6 Å². The van der Waals surface area contributed by atoms with E-state index in [-0.39, 0.29) is 18.5 Å². The van der Waals surface area contributed by atoms with E-state index in [9.17, 15) is 23.7 Å². The van der Waals surface area contributed by atoms with Crippen LogP contribution < -0.4 is 22.1 Å². The average Bonchev–Trinajstić information content (AvgIpc) is 2.72. The van der Waals surface area contributed by atoms with Crippen molar-refractivity contribution in [2.45, 2.75) is 69.1 Å². The van der Waals surface area contributed by atoms with Crippen LogP contribution in [0.4, 0.5) is 0 Å². The van der Waals surface area contributed by atoms with Crippen LogP contribution in [0.5, 0.6) is 0 Å². The third kappa shape index (κ3) is 8.60. The number of primary amides is 2. The average molecular weight is 482 g/mol. The maximum Gasteiger partial charge on any atom is 0.329 e. The number of carbonyl (C=O) groups excluding carboxylic acids is 4. The summed E-state index contributed by atoms with van der Waals surface area (Å²) in [5.41, 5.74) is 10.5. The lowest BCUT2D eigenvalue weighted by atomic mass is 9.80. The van der Waals surface area contributed by atoms with Crippen molar-refractivity contribution in [3.05, 3.63) is 35.4 Å². The standard InChI is InChI=1S/C21H31N4O7P/c22-17(26)12-16(19(23)28)24-20(29)21(10-2-1-3-11-21)25-18(27)9-8-14-4-6-15(7-5-14)13-33(30,31)32/h4-7,16H,1-3,8-13H2,(H2,22,26)(H2,23,28)(H,24,29)(H,25,27)(H2,30,31,32)/t16-/m0/s1. The van der Waals surface area contributed by atoms with E-state index in [1.807, 2.05) is 0 Å². The second-order valence-electron chi connectivity index (χ2n) is 8.43. The predicted octanol–water partition coefficient (Wildman–Crippen LogP) is -0.0385. The summed E-state index contributed by atoms with van der Waals surface area (Å²) in [7, 11) is -4.15. The van der Waals surface area contributed by atoms with Gasteiger partial charge in [0.15, 0.2) is 0 Å². The van der Waals surface area contributed by atoms with Gasteiger partial charge in [0.25, 0.3) is 0 Å². The first-order valence-electron chi connectivity index (χ1n) is 10.7. The van der Waals surface area contributed by atoms with E-state index in [0.717, 1.165) is 12.0 Å². The van der Waals surface area contributed by atoms with Crippen molar-refractivity contribution in [2.24, 2.45) is 11.5 Å². The smallest absolute Gasteiger partial charge is 0.329 e. The van der Waals surface area contributed by atoms with E-state index in [2.05, 4.69) is 10.6 Å². The van der Waals surface area contributed by atoms with Crippen molar-refractivity contribution >= 4 is 31.2 Å². The molecule has 0 spiro atoms. The molecule has 0 radical (unpaired) electrons. The first-order valence-corrected chi connectivity index (χ1v) is 12.5. The van der Waals surface area contributed by atoms with Gasteiger partial charge in [0, 0.05) is 6.42 Å². The normalized spacial score (nSPS) is 16.4. The molecule has 1 aromatic carbocycles. The van der Waals surface area contributed by atoms with Gasteiger partial charge in [-0.25, -0.2) is 0 Å². The Kier molecular flexibility index (Phi) is 9.16. The molecule has 182 valence electrons. The molecule has 1 atom stereocenters. The van der Waals surface area contributed by atoms with E-state index < -0.39 is 43.3 Å². The van der Waals surface area contributed by atoms with Gasteiger partial charge in [0.1, 0.15) is 11.6 Å². The van der Waals surface area contributed by atoms with Gasteiger partial charge in [-0.05, 0) is 30.4 Å². The number of aryl methyl sites for hydroxylation is 1. The van der Waals surface area contributed by atoms with Crippen LogP contribution in [-0.2, 0) is 36.3 Å². The van der Waals surface area contributed by atoms with Crippen LogP contribution in [-0.4, -0.2) is 45.0 Å². The molecule has 0 unspecified atom stereocenters. The van der Waals surface area contributed by atoms with Crippen molar-refractivity contribution in [3.63, 3.8) is 0 Å². The molecule has 0 bridgehead atoms. The summed E-state index contributed by atoms with van der Waals surface area (Å²) in [6.07, 6.45) is 2.80. The number of nitrogens with two attached hydrogens (primary N) is 2. The van der Waals surface area contributed by atoms with Gasteiger partial charge in [-0.15, -0.1) is 0 Å². The Morgan fingerprint density at radius 1 is 1.00 bits per heavy atom. The molecule has 1 aromatic rings. The Labute approximate surface area is 191 Å². The molecule has 12 heteroatoms. The maximum atomic E-state index is 13.0. The van der Waals surface area contributed by atoms with Gasteiger partial charge in [0.2, 0.25) is 23.6 Å². The van der Waals surface area contributed by atoms with Gasteiger partial charge >= 0.3 is 7.60 Å². The van der Waals surface area contributed by atoms with Crippen LogP contribution in [0, 0.1) is 0 Å². The Morgan fingerprint density at radius 2 is 1.58 bits per heavy atom. The van der Waals surface area contributed by atoms with Gasteiger partial charge in [-0.3, -0.25) is 23.7 Å². The third-order valence-electron chi connectivity index (χ3n) is 5.63. The van der Waals surface area contributed by atoms with E-state index >= 15 is 0 Å². The summed E-state index contributed by atoms with van der Waals surface area (Å²) in [4.78, 5) is 66.6. The number of rotatable bonds is 11. The second-order valence-corrected chi connectivity index (χ2v) is 10.1. The lowest BCUT2D eigenvalue weighted by Gasteiger charge is -2.37. The molecular formula is C21H31N4O7P. The first-order chi connectivity index (χ1) is 15.4. The molecule has 0 saturated heterocycles. The molecule has 0 aliphatic heterocycles. The number of benzene rings is 1. The van der Waals surface area contributed by atoms with Crippen molar-refractivity contribution in [3.8, 4) is 0 Å². The van der Waals surface area contributed by atoms with E-state index in [0.29, 0.717) is 37.7 Å². The Hall–Kier alpha value is -2.75. The monoisotopic (exact) mass is 482 g/mol. The summed E-state index contributed by atoms with van der Waals surface area (Å²) in [5, 5.41) is 5.29. The molecule has 1 aliphatic carbocycles. The lowest BCUT2D eigenvalue weighted by molar-refractivity contribution is -0.137. The van der Waals surface area contributed by atoms with Crippen molar-refractivity contribution in [1.82, 2.24) is 10.6 Å². The molecule has 4 amide bonds. The van der Waals surface area contributed by atoms with Gasteiger partial charge in [-0.2, -0.15) is 0 Å². The molecule has 1 aliphatic rings. The van der Waals surface area contributed by atoms with Gasteiger partial charge in [-0.1, -0.05) is 43.5 Å². The molecule has 0 heterocycles. The van der Waals surface area contributed by atoms with Crippen LogP contribution in [0.1, 0.15) is 56.1 Å². The zero-order valence-corrected chi connectivity index (χ0v) is 19.2. The van der Waals surface area contributed by atoms with Crippen LogP contribution >= 0.6 is 7.60 Å². The minimum Gasteiger partial charge on any atom is -0.370 e. The zero-order chi connectivity index (χ0) is 24.6. The molecule has 8 N–H and O–H groups in total. The molecule has 11 nitrogen and oxygen atoms in total. The summed E-state index contributed by atoms with van der Waals surface area (Å²) >= 11 is 0. The largest absolute Gasteiger partial charge is 0.370 e. The van der Waals surface area contributed by atoms with Crippen molar-refractivity contribution in [2.75, 3.05) is 0 Å². The predicted molar refractivity (Wildman–Crippen MR) is 119 cm³/mol. The Balaban J connectivity index is 2.01. The second kappa shape index (κ2) is 11.4. The Bertz CT molecular complexity index is 923. The number of hydrogen-bond donors (Lipinski definition) is 6. The van der Waals surface area contributed by atoms with Crippen LogP contribution in [0.2, 0.25) is 0 Å². The fraction of sp³-hybridized carbons (Fsp3) is 0.524. The van der Waals surface area contributed by atoms with Crippen LogP contribution in [0.15, 0.2) is 24.3 Å². The number of carbonyl (C=O) groups is 4. The van der Waals surface area contributed by atoms with Crippen LogP contribution in [0.3, 0.4) is 0 Å². The molecule has 1 saturated carbocycles. The fourth-order valence-electron chi connectivity index (χ4n) is 3.92.